The molecule has 2 aliphatic rings. The second-order valence-corrected chi connectivity index (χ2v) is 8.02. The Hall–Kier alpha value is -0.585. The van der Waals surface area contributed by atoms with Gasteiger partial charge in [-0.1, -0.05) is 12.8 Å². The molecule has 2 rings (SSSR count). The van der Waals surface area contributed by atoms with Crippen LogP contribution < -0.4 is 5.73 Å². The number of carboxylic acid groups (broad SMARTS) is 1. The molecule has 6 heteroatoms. The molecule has 2 atom stereocenters. The van der Waals surface area contributed by atoms with Gasteiger partial charge < -0.3 is 20.1 Å². The Morgan fingerprint density at radius 2 is 1.82 bits per heavy atom. The van der Waals surface area contributed by atoms with Gasteiger partial charge in [-0.05, 0) is 59.7 Å². The second-order valence-electron chi connectivity index (χ2n) is 8.02. The lowest BCUT2D eigenvalue weighted by Gasteiger charge is -2.32. The van der Waals surface area contributed by atoms with Crippen LogP contribution in [0, 0.1) is 5.41 Å². The average Bonchev–Trinajstić information content (AvgIpc) is 2.85. The predicted octanol–water partition coefficient (Wildman–Crippen LogP) is 2.83. The number of carboxylic acids is 1. The zero-order valence-electron chi connectivity index (χ0n) is 14.4. The van der Waals surface area contributed by atoms with Gasteiger partial charge >= 0.3 is 13.1 Å². The van der Waals surface area contributed by atoms with Gasteiger partial charge in [0, 0.05) is 6.04 Å². The van der Waals surface area contributed by atoms with Crippen molar-refractivity contribution in [3.8, 4) is 0 Å². The molecule has 0 bridgehead atoms. The molecule has 0 aromatic carbocycles. The summed E-state index contributed by atoms with van der Waals surface area (Å²) >= 11 is 0. The van der Waals surface area contributed by atoms with Crippen LogP contribution in [0.5, 0.6) is 0 Å². The first-order chi connectivity index (χ1) is 10.1. The van der Waals surface area contributed by atoms with Gasteiger partial charge in [-0.25, -0.2) is 0 Å². The van der Waals surface area contributed by atoms with Gasteiger partial charge in [-0.15, -0.1) is 0 Å². The van der Waals surface area contributed by atoms with E-state index in [-0.39, 0.29) is 24.4 Å². The maximum absolute atomic E-state index is 11.6. The van der Waals surface area contributed by atoms with Gasteiger partial charge in [-0.2, -0.15) is 0 Å². The molecule has 3 N–H and O–H groups in total. The third-order valence-corrected chi connectivity index (χ3v) is 5.75. The van der Waals surface area contributed by atoms with E-state index in [9.17, 15) is 9.90 Å². The Kier molecular flexibility index (Phi) is 4.95. The van der Waals surface area contributed by atoms with Crippen molar-refractivity contribution in [3.63, 3.8) is 0 Å². The molecule has 0 amide bonds. The number of carbonyl (C=O) groups is 1. The van der Waals surface area contributed by atoms with E-state index in [0.29, 0.717) is 19.3 Å². The van der Waals surface area contributed by atoms with Gasteiger partial charge in [-0.3, -0.25) is 4.79 Å². The Bertz CT molecular complexity index is 410. The van der Waals surface area contributed by atoms with Crippen molar-refractivity contribution in [1.29, 1.82) is 0 Å². The Labute approximate surface area is 134 Å². The van der Waals surface area contributed by atoms with Crippen molar-refractivity contribution >= 4 is 13.1 Å². The molecule has 0 spiro atoms. The van der Waals surface area contributed by atoms with Gasteiger partial charge in [0.2, 0.25) is 0 Å². The largest absolute Gasteiger partial charge is 0.481 e. The number of nitrogens with two attached hydrogens (primary N) is 1. The summed E-state index contributed by atoms with van der Waals surface area (Å²) in [6, 6.07) is 0.0409. The number of unbranched alkanes of at least 4 members (excludes halogenated alkanes) is 1. The zero-order chi connectivity index (χ0) is 16.6. The zero-order valence-corrected chi connectivity index (χ0v) is 14.4. The summed E-state index contributed by atoms with van der Waals surface area (Å²) in [6.45, 7) is 8.19. The van der Waals surface area contributed by atoms with Crippen LogP contribution in [0.2, 0.25) is 6.32 Å². The van der Waals surface area contributed by atoms with Crippen molar-refractivity contribution in [3.05, 3.63) is 0 Å². The van der Waals surface area contributed by atoms with Crippen molar-refractivity contribution < 1.29 is 19.2 Å². The molecule has 126 valence electrons. The monoisotopic (exact) mass is 311 g/mol. The summed E-state index contributed by atoms with van der Waals surface area (Å²) in [5.41, 5.74) is 4.72. The summed E-state index contributed by atoms with van der Waals surface area (Å²) in [6.07, 6.45) is 5.46. The molecule has 22 heavy (non-hydrogen) atoms. The van der Waals surface area contributed by atoms with Crippen LogP contribution in [0.15, 0.2) is 0 Å². The van der Waals surface area contributed by atoms with Crippen LogP contribution in [0.4, 0.5) is 0 Å². The van der Waals surface area contributed by atoms with Crippen LogP contribution in [0.3, 0.4) is 0 Å². The summed E-state index contributed by atoms with van der Waals surface area (Å²) in [5, 5.41) is 9.52. The minimum Gasteiger partial charge on any atom is -0.481 e. The number of rotatable bonds is 6. The summed E-state index contributed by atoms with van der Waals surface area (Å²) in [5.74, 6) is -0.684. The lowest BCUT2D eigenvalue weighted by atomic mass is 9.77. The molecule has 1 saturated carbocycles. The molecule has 1 aliphatic carbocycles. The van der Waals surface area contributed by atoms with E-state index in [1.54, 1.807) is 0 Å². The van der Waals surface area contributed by atoms with E-state index < -0.39 is 11.4 Å². The Morgan fingerprint density at radius 3 is 2.27 bits per heavy atom. The lowest BCUT2D eigenvalue weighted by Crippen LogP contribution is -2.41. The first-order valence-corrected chi connectivity index (χ1v) is 8.43. The summed E-state index contributed by atoms with van der Waals surface area (Å²) in [4.78, 5) is 11.6. The fourth-order valence-electron chi connectivity index (χ4n) is 3.55. The van der Waals surface area contributed by atoms with Crippen LogP contribution in [-0.2, 0) is 14.1 Å². The molecule has 0 aromatic heterocycles. The second kappa shape index (κ2) is 6.14. The van der Waals surface area contributed by atoms with Crippen LogP contribution in [-0.4, -0.2) is 35.4 Å². The van der Waals surface area contributed by atoms with E-state index >= 15 is 0 Å². The molecular weight excluding hydrogens is 281 g/mol. The fourth-order valence-corrected chi connectivity index (χ4v) is 3.55. The van der Waals surface area contributed by atoms with E-state index in [2.05, 4.69) is 0 Å². The highest BCUT2D eigenvalue weighted by Gasteiger charge is 2.50. The van der Waals surface area contributed by atoms with Crippen LogP contribution in [0.25, 0.3) is 0 Å². The SMILES string of the molecule is CC1(C)OB(CCCC[C@@]2(C(=O)O)CC[C@H](N)C2)OC1(C)C. The quantitative estimate of drug-likeness (QED) is 0.582. The van der Waals surface area contributed by atoms with Crippen molar-refractivity contribution in [2.24, 2.45) is 11.1 Å². The first kappa shape index (κ1) is 17.8. The minimum atomic E-state index is -0.684. The molecule has 5 nitrogen and oxygen atoms in total. The van der Waals surface area contributed by atoms with Gasteiger partial charge in [0.25, 0.3) is 0 Å². The lowest BCUT2D eigenvalue weighted by molar-refractivity contribution is -0.149. The maximum Gasteiger partial charge on any atom is 0.457 e. The van der Waals surface area contributed by atoms with E-state index in [1.807, 2.05) is 27.7 Å². The first-order valence-electron chi connectivity index (χ1n) is 8.43. The Balaban J connectivity index is 1.77. The van der Waals surface area contributed by atoms with E-state index in [4.69, 9.17) is 15.0 Å². The van der Waals surface area contributed by atoms with Gasteiger partial charge in [0.15, 0.2) is 0 Å². The molecule has 2 fully saturated rings. The molecule has 1 heterocycles. The highest BCUT2D eigenvalue weighted by molar-refractivity contribution is 6.45. The molecule has 1 saturated heterocycles. The molecule has 0 radical (unpaired) electrons. The predicted molar refractivity (Wildman–Crippen MR) is 86.6 cm³/mol. The molecular formula is C16H30BNO4. The molecule has 1 aliphatic heterocycles. The highest BCUT2D eigenvalue weighted by atomic mass is 16.7. The van der Waals surface area contributed by atoms with Crippen LogP contribution >= 0.6 is 0 Å². The minimum absolute atomic E-state index is 0.0409. The topological polar surface area (TPSA) is 81.8 Å². The fraction of sp³-hybridized carbons (Fsp3) is 0.938. The number of aliphatic carboxylic acids is 1. The summed E-state index contributed by atoms with van der Waals surface area (Å²) < 4.78 is 11.9. The molecule has 0 unspecified atom stereocenters. The van der Waals surface area contributed by atoms with E-state index in [1.165, 1.54) is 0 Å². The maximum atomic E-state index is 11.6. The van der Waals surface area contributed by atoms with Crippen molar-refractivity contribution in [2.45, 2.75) is 89.8 Å². The Morgan fingerprint density at radius 1 is 1.23 bits per heavy atom. The van der Waals surface area contributed by atoms with Crippen molar-refractivity contribution in [1.82, 2.24) is 0 Å². The third kappa shape index (κ3) is 3.49. The normalized spacial score (nSPS) is 33.3. The molecule has 0 aromatic rings. The van der Waals surface area contributed by atoms with E-state index in [0.717, 1.165) is 25.6 Å². The van der Waals surface area contributed by atoms with Crippen LogP contribution in [0.1, 0.15) is 66.2 Å². The average molecular weight is 311 g/mol. The standard InChI is InChI=1S/C16H30BNO4/c1-14(2)15(3,4)22-17(21-14)10-6-5-8-16(13(19)20)9-7-12(18)11-16/h12H,5-11,18H2,1-4H3,(H,19,20)/t12-,16+/m0/s1. The third-order valence-electron chi connectivity index (χ3n) is 5.75. The number of hydrogen-bond acceptors (Lipinski definition) is 4. The highest BCUT2D eigenvalue weighted by Crippen LogP contribution is 2.43. The smallest absolute Gasteiger partial charge is 0.457 e. The van der Waals surface area contributed by atoms with Crippen molar-refractivity contribution in [2.75, 3.05) is 0 Å². The van der Waals surface area contributed by atoms with Gasteiger partial charge in [0.1, 0.15) is 0 Å². The van der Waals surface area contributed by atoms with Gasteiger partial charge in [0.05, 0.1) is 16.6 Å². The summed E-state index contributed by atoms with van der Waals surface area (Å²) in [7, 11) is -0.184. The number of hydrogen-bond donors (Lipinski definition) is 2.